The maximum atomic E-state index is 11.7. The van der Waals surface area contributed by atoms with E-state index in [4.69, 9.17) is 4.42 Å². The zero-order valence-electron chi connectivity index (χ0n) is 11.1. The highest BCUT2D eigenvalue weighted by atomic mass is 79.9. The molecule has 0 radical (unpaired) electrons. The normalized spacial score (nSPS) is 19.3. The van der Waals surface area contributed by atoms with Gasteiger partial charge >= 0.3 is 5.91 Å². The predicted molar refractivity (Wildman–Crippen MR) is 78.2 cm³/mol. The van der Waals surface area contributed by atoms with Crippen molar-refractivity contribution in [2.75, 3.05) is 0 Å². The van der Waals surface area contributed by atoms with Gasteiger partial charge in [-0.05, 0) is 59.7 Å². The lowest BCUT2D eigenvalue weighted by Gasteiger charge is -2.22. The van der Waals surface area contributed by atoms with Gasteiger partial charge in [0, 0.05) is 5.71 Å². The third-order valence-electron chi connectivity index (χ3n) is 3.49. The molecule has 4 nitrogen and oxygen atoms in total. The van der Waals surface area contributed by atoms with Crippen LogP contribution in [0.1, 0.15) is 56.0 Å². The first-order chi connectivity index (χ1) is 9.19. The fraction of sp³-hybridized carbons (Fsp3) is 0.571. The van der Waals surface area contributed by atoms with Gasteiger partial charge in [0.25, 0.3) is 0 Å². The van der Waals surface area contributed by atoms with E-state index in [1.54, 1.807) is 12.1 Å². The molecule has 0 aliphatic heterocycles. The molecule has 1 amide bonds. The monoisotopic (exact) mass is 326 g/mol. The first-order valence-electron chi connectivity index (χ1n) is 6.80. The Morgan fingerprint density at radius 1 is 1.47 bits per heavy atom. The van der Waals surface area contributed by atoms with Crippen LogP contribution in [-0.2, 0) is 0 Å². The van der Waals surface area contributed by atoms with Gasteiger partial charge in [0.05, 0.1) is 0 Å². The van der Waals surface area contributed by atoms with Gasteiger partial charge in [0.1, 0.15) is 0 Å². The Labute approximate surface area is 121 Å². The van der Waals surface area contributed by atoms with Crippen LogP contribution in [0.4, 0.5) is 0 Å². The van der Waals surface area contributed by atoms with E-state index in [-0.39, 0.29) is 11.7 Å². The molecule has 0 saturated heterocycles. The molecule has 1 saturated carbocycles. The van der Waals surface area contributed by atoms with Crippen LogP contribution >= 0.6 is 15.9 Å². The molecule has 19 heavy (non-hydrogen) atoms. The molecule has 0 bridgehead atoms. The van der Waals surface area contributed by atoms with Crippen LogP contribution in [0.2, 0.25) is 0 Å². The molecule has 1 aromatic heterocycles. The fourth-order valence-electron chi connectivity index (χ4n) is 2.44. The Hall–Kier alpha value is -1.10. The Balaban J connectivity index is 1.82. The Morgan fingerprint density at radius 2 is 2.21 bits per heavy atom. The molecule has 1 N–H and O–H groups in total. The van der Waals surface area contributed by atoms with Crippen LogP contribution in [0, 0.1) is 5.92 Å². The van der Waals surface area contributed by atoms with Crippen molar-refractivity contribution in [3.8, 4) is 0 Å². The average molecular weight is 327 g/mol. The minimum absolute atomic E-state index is 0.274. The van der Waals surface area contributed by atoms with E-state index in [0.29, 0.717) is 4.67 Å². The zero-order valence-corrected chi connectivity index (χ0v) is 12.7. The summed E-state index contributed by atoms with van der Waals surface area (Å²) in [6.45, 7) is 2.23. The number of nitrogens with one attached hydrogen (secondary N) is 1. The van der Waals surface area contributed by atoms with Crippen molar-refractivity contribution in [3.63, 3.8) is 0 Å². The van der Waals surface area contributed by atoms with E-state index in [0.717, 1.165) is 24.5 Å². The maximum absolute atomic E-state index is 11.7. The average Bonchev–Trinajstić information content (AvgIpc) is 2.85. The van der Waals surface area contributed by atoms with Gasteiger partial charge in [0.15, 0.2) is 10.4 Å². The second-order valence-electron chi connectivity index (χ2n) is 4.95. The molecular formula is C14H19BrN2O2. The number of hydrazone groups is 1. The topological polar surface area (TPSA) is 54.6 Å². The van der Waals surface area contributed by atoms with Gasteiger partial charge in [-0.15, -0.1) is 0 Å². The summed E-state index contributed by atoms with van der Waals surface area (Å²) in [6.07, 6.45) is 6.92. The fourth-order valence-corrected chi connectivity index (χ4v) is 2.75. The maximum Gasteiger partial charge on any atom is 0.307 e. The second kappa shape index (κ2) is 6.89. The van der Waals surface area contributed by atoms with Crippen LogP contribution < -0.4 is 5.43 Å². The first-order valence-corrected chi connectivity index (χ1v) is 7.59. The molecule has 5 heteroatoms. The Bertz CT molecular complexity index is 458. The van der Waals surface area contributed by atoms with E-state index in [2.05, 4.69) is 33.4 Å². The molecule has 2 rings (SSSR count). The van der Waals surface area contributed by atoms with Crippen molar-refractivity contribution in [2.24, 2.45) is 11.0 Å². The third kappa shape index (κ3) is 4.20. The largest absolute Gasteiger partial charge is 0.444 e. The van der Waals surface area contributed by atoms with Crippen molar-refractivity contribution in [2.45, 2.75) is 45.4 Å². The highest BCUT2D eigenvalue weighted by Crippen LogP contribution is 2.25. The molecule has 1 fully saturated rings. The molecule has 0 unspecified atom stereocenters. The van der Waals surface area contributed by atoms with E-state index < -0.39 is 0 Å². The summed E-state index contributed by atoms with van der Waals surface area (Å²) >= 11 is 3.17. The highest BCUT2D eigenvalue weighted by Gasteiger charge is 2.17. The predicted octanol–water partition coefficient (Wildman–Crippen LogP) is 4.12. The molecule has 1 aliphatic carbocycles. The van der Waals surface area contributed by atoms with Crippen LogP contribution in [0.5, 0.6) is 0 Å². The SMILES string of the molecule is CCCC1CCC(=NNC(=O)c2ccc(Br)o2)CC1. The molecule has 104 valence electrons. The number of furan rings is 1. The van der Waals surface area contributed by atoms with Gasteiger partial charge < -0.3 is 4.42 Å². The number of amides is 1. The summed E-state index contributed by atoms with van der Waals surface area (Å²) in [4.78, 5) is 11.7. The van der Waals surface area contributed by atoms with Crippen LogP contribution in [-0.4, -0.2) is 11.6 Å². The lowest BCUT2D eigenvalue weighted by molar-refractivity contribution is 0.0925. The number of rotatable bonds is 4. The van der Waals surface area contributed by atoms with Gasteiger partial charge in [-0.1, -0.05) is 19.8 Å². The molecule has 1 aromatic rings. The third-order valence-corrected chi connectivity index (χ3v) is 3.92. The quantitative estimate of drug-likeness (QED) is 0.846. The Morgan fingerprint density at radius 3 is 2.79 bits per heavy atom. The van der Waals surface area contributed by atoms with Crippen molar-refractivity contribution in [1.29, 1.82) is 0 Å². The van der Waals surface area contributed by atoms with Crippen LogP contribution in [0.25, 0.3) is 0 Å². The van der Waals surface area contributed by atoms with Gasteiger partial charge in [-0.2, -0.15) is 5.10 Å². The lowest BCUT2D eigenvalue weighted by atomic mass is 9.85. The minimum atomic E-state index is -0.297. The standard InChI is InChI=1S/C14H19BrN2O2/c1-2-3-10-4-6-11(7-5-10)16-17-14(18)12-8-9-13(15)19-12/h8-10H,2-7H2,1H3,(H,17,18). The number of carbonyl (C=O) groups is 1. The van der Waals surface area contributed by atoms with Crippen molar-refractivity contribution in [1.82, 2.24) is 5.43 Å². The molecule has 1 heterocycles. The number of hydrogen-bond acceptors (Lipinski definition) is 3. The molecule has 0 spiro atoms. The second-order valence-corrected chi connectivity index (χ2v) is 5.74. The van der Waals surface area contributed by atoms with E-state index >= 15 is 0 Å². The van der Waals surface area contributed by atoms with Crippen molar-refractivity contribution in [3.05, 3.63) is 22.6 Å². The number of hydrogen-bond donors (Lipinski definition) is 1. The summed E-state index contributed by atoms with van der Waals surface area (Å²) in [5.74, 6) is 0.811. The summed E-state index contributed by atoms with van der Waals surface area (Å²) in [5, 5.41) is 4.21. The summed E-state index contributed by atoms with van der Waals surface area (Å²) in [7, 11) is 0. The van der Waals surface area contributed by atoms with E-state index in [9.17, 15) is 4.79 Å². The molecule has 0 aromatic carbocycles. The van der Waals surface area contributed by atoms with Gasteiger partial charge in [-0.3, -0.25) is 4.79 Å². The molecule has 0 atom stereocenters. The first kappa shape index (κ1) is 14.3. The number of halogens is 1. The van der Waals surface area contributed by atoms with Crippen LogP contribution in [0.15, 0.2) is 26.3 Å². The van der Waals surface area contributed by atoms with E-state index in [1.807, 2.05) is 0 Å². The van der Waals surface area contributed by atoms with E-state index in [1.165, 1.54) is 25.7 Å². The lowest BCUT2D eigenvalue weighted by Crippen LogP contribution is -2.22. The van der Waals surface area contributed by atoms with Crippen molar-refractivity contribution < 1.29 is 9.21 Å². The summed E-state index contributed by atoms with van der Waals surface area (Å²) < 4.78 is 5.72. The Kier molecular flexibility index (Phi) is 5.19. The molecular weight excluding hydrogens is 308 g/mol. The smallest absolute Gasteiger partial charge is 0.307 e. The minimum Gasteiger partial charge on any atom is -0.444 e. The summed E-state index contributed by atoms with van der Waals surface area (Å²) in [5.41, 5.74) is 3.65. The number of carbonyl (C=O) groups excluding carboxylic acids is 1. The van der Waals surface area contributed by atoms with Gasteiger partial charge in [-0.25, -0.2) is 5.43 Å². The molecule has 1 aliphatic rings. The van der Waals surface area contributed by atoms with Crippen LogP contribution in [0.3, 0.4) is 0 Å². The highest BCUT2D eigenvalue weighted by molar-refractivity contribution is 9.10. The van der Waals surface area contributed by atoms with Gasteiger partial charge in [0.2, 0.25) is 0 Å². The number of nitrogens with zero attached hydrogens (tertiary/aromatic N) is 1. The zero-order chi connectivity index (χ0) is 13.7. The summed E-state index contributed by atoms with van der Waals surface area (Å²) in [6, 6.07) is 3.32. The van der Waals surface area contributed by atoms with Crippen molar-refractivity contribution >= 4 is 27.5 Å².